The summed E-state index contributed by atoms with van der Waals surface area (Å²) in [6, 6.07) is 16.1. The van der Waals surface area contributed by atoms with Crippen molar-refractivity contribution in [3.63, 3.8) is 0 Å². The number of rotatable bonds is 8. The Kier molecular flexibility index (Phi) is 8.22. The van der Waals surface area contributed by atoms with Gasteiger partial charge in [0, 0.05) is 19.5 Å². The number of likely N-dealkylation sites (N-methyl/N-ethyl adjacent to an activating group) is 1. The Morgan fingerprint density at radius 3 is 2.27 bits per heavy atom. The molecule has 1 N–H and O–H groups in total. The normalized spacial score (nSPS) is 12.3. The van der Waals surface area contributed by atoms with Gasteiger partial charge in [-0.3, -0.25) is 9.59 Å². The summed E-state index contributed by atoms with van der Waals surface area (Å²) in [5.74, 6) is -0.122. The van der Waals surface area contributed by atoms with Crippen LogP contribution in [0.1, 0.15) is 63.3 Å². The first-order valence-corrected chi connectivity index (χ1v) is 10.8. The summed E-state index contributed by atoms with van der Waals surface area (Å²) in [7, 11) is 0. The van der Waals surface area contributed by atoms with E-state index in [2.05, 4.69) is 56.4 Å². The SMILES string of the molecule is CCNC(=O)[C@@H](C)N(Cc1cccc(C)c1)C(=O)CCc1ccc(C(C)(C)C)cc1. The number of amides is 2. The summed E-state index contributed by atoms with van der Waals surface area (Å²) in [5, 5.41) is 2.84. The van der Waals surface area contributed by atoms with Gasteiger partial charge in [0.2, 0.25) is 11.8 Å². The van der Waals surface area contributed by atoms with Gasteiger partial charge < -0.3 is 10.2 Å². The molecule has 162 valence electrons. The Hall–Kier alpha value is -2.62. The zero-order valence-corrected chi connectivity index (χ0v) is 19.3. The topological polar surface area (TPSA) is 49.4 Å². The minimum atomic E-state index is -0.513. The van der Waals surface area contributed by atoms with Crippen molar-refractivity contribution in [1.29, 1.82) is 0 Å². The van der Waals surface area contributed by atoms with Gasteiger partial charge >= 0.3 is 0 Å². The van der Waals surface area contributed by atoms with Gasteiger partial charge in [-0.25, -0.2) is 0 Å². The van der Waals surface area contributed by atoms with E-state index in [4.69, 9.17) is 0 Å². The van der Waals surface area contributed by atoms with Crippen LogP contribution in [0.3, 0.4) is 0 Å². The van der Waals surface area contributed by atoms with E-state index < -0.39 is 6.04 Å². The Morgan fingerprint density at radius 2 is 1.70 bits per heavy atom. The van der Waals surface area contributed by atoms with Crippen molar-refractivity contribution in [3.8, 4) is 0 Å². The van der Waals surface area contributed by atoms with Crippen molar-refractivity contribution in [2.45, 2.75) is 72.4 Å². The molecule has 0 bridgehead atoms. The van der Waals surface area contributed by atoms with Gasteiger partial charge in [-0.1, -0.05) is 74.9 Å². The molecule has 0 spiro atoms. The lowest BCUT2D eigenvalue weighted by atomic mass is 9.86. The highest BCUT2D eigenvalue weighted by Crippen LogP contribution is 2.22. The molecule has 0 aliphatic rings. The van der Waals surface area contributed by atoms with Crippen LogP contribution in [0.25, 0.3) is 0 Å². The Morgan fingerprint density at radius 1 is 1.03 bits per heavy atom. The molecular formula is C26H36N2O2. The minimum absolute atomic E-state index is 0.00448. The van der Waals surface area contributed by atoms with E-state index in [0.29, 0.717) is 25.9 Å². The van der Waals surface area contributed by atoms with E-state index in [9.17, 15) is 9.59 Å². The quantitative estimate of drug-likeness (QED) is 0.683. The summed E-state index contributed by atoms with van der Waals surface area (Å²) < 4.78 is 0. The van der Waals surface area contributed by atoms with Gasteiger partial charge in [0.25, 0.3) is 0 Å². The minimum Gasteiger partial charge on any atom is -0.355 e. The molecule has 0 saturated heterocycles. The molecule has 1 atom stereocenters. The fourth-order valence-corrected chi connectivity index (χ4v) is 3.48. The molecule has 2 aromatic carbocycles. The van der Waals surface area contributed by atoms with Crippen LogP contribution in [-0.4, -0.2) is 29.3 Å². The predicted octanol–water partition coefficient (Wildman–Crippen LogP) is 4.78. The van der Waals surface area contributed by atoms with Crippen LogP contribution >= 0.6 is 0 Å². The van der Waals surface area contributed by atoms with Gasteiger partial charge in [0.05, 0.1) is 0 Å². The van der Waals surface area contributed by atoms with Crippen LogP contribution in [0.15, 0.2) is 48.5 Å². The molecule has 2 amide bonds. The third-order valence-electron chi connectivity index (χ3n) is 5.40. The molecule has 0 aromatic heterocycles. The lowest BCUT2D eigenvalue weighted by Gasteiger charge is -2.29. The molecule has 0 radical (unpaired) electrons. The average molecular weight is 409 g/mol. The molecule has 0 aliphatic heterocycles. The van der Waals surface area contributed by atoms with Crippen molar-refractivity contribution in [2.75, 3.05) is 6.54 Å². The first kappa shape index (κ1) is 23.7. The average Bonchev–Trinajstić information content (AvgIpc) is 2.69. The second-order valence-electron chi connectivity index (χ2n) is 9.03. The molecule has 0 aliphatic carbocycles. The number of hydrogen-bond donors (Lipinski definition) is 1. The van der Waals surface area contributed by atoms with Gasteiger partial charge in [-0.15, -0.1) is 0 Å². The van der Waals surface area contributed by atoms with Gasteiger partial charge in [-0.2, -0.15) is 0 Å². The maximum absolute atomic E-state index is 13.1. The number of carbonyl (C=O) groups is 2. The van der Waals surface area contributed by atoms with Gasteiger partial charge in [0.1, 0.15) is 6.04 Å². The molecule has 2 rings (SSSR count). The smallest absolute Gasteiger partial charge is 0.242 e. The van der Waals surface area contributed by atoms with Crippen LogP contribution in [-0.2, 0) is 28.0 Å². The molecular weight excluding hydrogens is 372 g/mol. The van der Waals surface area contributed by atoms with E-state index in [1.165, 1.54) is 5.56 Å². The van der Waals surface area contributed by atoms with Crippen LogP contribution < -0.4 is 5.32 Å². The zero-order chi connectivity index (χ0) is 22.3. The monoisotopic (exact) mass is 408 g/mol. The van der Waals surface area contributed by atoms with Crippen molar-refractivity contribution < 1.29 is 9.59 Å². The highest BCUT2D eigenvalue weighted by Gasteiger charge is 2.25. The fourth-order valence-electron chi connectivity index (χ4n) is 3.48. The lowest BCUT2D eigenvalue weighted by molar-refractivity contribution is -0.140. The highest BCUT2D eigenvalue weighted by atomic mass is 16.2. The summed E-state index contributed by atoms with van der Waals surface area (Å²) in [4.78, 5) is 27.3. The molecule has 4 nitrogen and oxygen atoms in total. The highest BCUT2D eigenvalue weighted by molar-refractivity contribution is 5.87. The fraction of sp³-hybridized carbons (Fsp3) is 0.462. The van der Waals surface area contributed by atoms with E-state index in [-0.39, 0.29) is 17.2 Å². The summed E-state index contributed by atoms with van der Waals surface area (Å²) >= 11 is 0. The van der Waals surface area contributed by atoms with Crippen molar-refractivity contribution in [3.05, 3.63) is 70.8 Å². The molecule has 0 unspecified atom stereocenters. The number of carbonyl (C=O) groups excluding carboxylic acids is 2. The van der Waals surface area contributed by atoms with E-state index in [0.717, 1.165) is 16.7 Å². The molecule has 0 heterocycles. The molecule has 2 aromatic rings. The standard InChI is InChI=1S/C26H36N2O2/c1-7-27-25(30)20(3)28(18-22-10-8-9-19(2)17-22)24(29)16-13-21-11-14-23(15-12-21)26(4,5)6/h8-12,14-15,17,20H,7,13,16,18H2,1-6H3,(H,27,30)/t20-/m1/s1. The van der Waals surface area contributed by atoms with E-state index in [1.54, 1.807) is 11.8 Å². The Labute approximate surface area is 181 Å². The number of nitrogens with one attached hydrogen (secondary N) is 1. The number of benzene rings is 2. The van der Waals surface area contributed by atoms with Crippen LogP contribution in [0, 0.1) is 6.92 Å². The second kappa shape index (κ2) is 10.4. The van der Waals surface area contributed by atoms with Crippen molar-refractivity contribution >= 4 is 11.8 Å². The third-order valence-corrected chi connectivity index (χ3v) is 5.40. The number of aryl methyl sites for hydroxylation is 2. The first-order chi connectivity index (χ1) is 14.1. The molecule has 4 heteroatoms. The maximum atomic E-state index is 13.1. The molecule has 0 saturated carbocycles. The second-order valence-corrected chi connectivity index (χ2v) is 9.03. The summed E-state index contributed by atoms with van der Waals surface area (Å²) in [6.45, 7) is 13.3. The van der Waals surface area contributed by atoms with Gasteiger partial charge in [0.15, 0.2) is 0 Å². The summed E-state index contributed by atoms with van der Waals surface area (Å²) in [6.07, 6.45) is 1.04. The number of hydrogen-bond acceptors (Lipinski definition) is 2. The van der Waals surface area contributed by atoms with Crippen molar-refractivity contribution in [1.82, 2.24) is 10.2 Å². The largest absolute Gasteiger partial charge is 0.355 e. The van der Waals surface area contributed by atoms with Crippen molar-refractivity contribution in [2.24, 2.45) is 0 Å². The van der Waals surface area contributed by atoms with Crippen LogP contribution in [0.5, 0.6) is 0 Å². The van der Waals surface area contributed by atoms with Crippen LogP contribution in [0.2, 0.25) is 0 Å². The summed E-state index contributed by atoms with van der Waals surface area (Å²) in [5.41, 5.74) is 4.71. The maximum Gasteiger partial charge on any atom is 0.242 e. The molecule has 0 fully saturated rings. The Bertz CT molecular complexity index is 850. The zero-order valence-electron chi connectivity index (χ0n) is 19.3. The predicted molar refractivity (Wildman–Crippen MR) is 123 cm³/mol. The Balaban J connectivity index is 2.12. The van der Waals surface area contributed by atoms with E-state index in [1.807, 2.05) is 32.0 Å². The van der Waals surface area contributed by atoms with Gasteiger partial charge in [-0.05, 0) is 49.3 Å². The van der Waals surface area contributed by atoms with E-state index >= 15 is 0 Å². The van der Waals surface area contributed by atoms with Crippen LogP contribution in [0.4, 0.5) is 0 Å². The lowest BCUT2D eigenvalue weighted by Crippen LogP contribution is -2.47. The first-order valence-electron chi connectivity index (χ1n) is 10.8. The number of nitrogens with zero attached hydrogens (tertiary/aromatic N) is 1. The molecule has 30 heavy (non-hydrogen) atoms. The third kappa shape index (κ3) is 6.72.